The van der Waals surface area contributed by atoms with Crippen LogP contribution in [0.5, 0.6) is 17.2 Å². The monoisotopic (exact) mass is 475 g/mol. The van der Waals surface area contributed by atoms with Gasteiger partial charge >= 0.3 is 6.03 Å². The molecular weight excluding hydrogens is 454 g/mol. The maximum Gasteiger partial charge on any atom is 0.323 e. The lowest BCUT2D eigenvalue weighted by molar-refractivity contribution is 0.171. The highest BCUT2D eigenvalue weighted by atomic mass is 35.5. The van der Waals surface area contributed by atoms with Crippen LogP contribution in [0.25, 0.3) is 22.2 Å². The van der Waals surface area contributed by atoms with Crippen LogP contribution in [-0.4, -0.2) is 30.8 Å². The molecule has 1 aromatic heterocycles. The topological polar surface area (TPSA) is 81.7 Å². The van der Waals surface area contributed by atoms with E-state index in [1.807, 2.05) is 49.4 Å². The number of carbonyl (C=O) groups is 1. The molecule has 1 aliphatic rings. The molecule has 0 fully saturated rings. The predicted octanol–water partition coefficient (Wildman–Crippen LogP) is 6.37. The molecule has 2 N–H and O–H groups in total. The first-order valence-corrected chi connectivity index (χ1v) is 11.3. The van der Waals surface area contributed by atoms with Crippen molar-refractivity contribution in [1.29, 1.82) is 0 Å². The second-order valence-electron chi connectivity index (χ2n) is 7.62. The van der Waals surface area contributed by atoms with Crippen LogP contribution in [0.4, 0.5) is 16.2 Å². The highest BCUT2D eigenvalue weighted by Crippen LogP contribution is 2.34. The van der Waals surface area contributed by atoms with E-state index in [-0.39, 0.29) is 6.03 Å². The minimum atomic E-state index is -0.377. The van der Waals surface area contributed by atoms with Crippen molar-refractivity contribution in [2.75, 3.05) is 30.5 Å². The number of benzene rings is 3. The molecule has 172 valence electrons. The number of aromatic nitrogens is 1. The molecule has 0 atom stereocenters. The molecule has 0 radical (unpaired) electrons. The standard InChI is InChI=1S/C26H22ClN3O4/c1-2-32-24-15-22(16-4-3-5-17(27)12-16)30-21-8-6-18(13-20(21)24)28-26(31)29-19-7-9-23-25(14-19)34-11-10-33-23/h3-9,12-15H,2,10-11H2,1H3,(H2,28,29,31). The average molecular weight is 476 g/mol. The van der Waals surface area contributed by atoms with Gasteiger partial charge < -0.3 is 24.8 Å². The number of rotatable bonds is 5. The Balaban J connectivity index is 1.39. The summed E-state index contributed by atoms with van der Waals surface area (Å²) >= 11 is 6.16. The third-order valence-electron chi connectivity index (χ3n) is 5.25. The Bertz CT molecular complexity index is 1380. The van der Waals surface area contributed by atoms with Crippen molar-refractivity contribution in [3.63, 3.8) is 0 Å². The third kappa shape index (κ3) is 4.70. The van der Waals surface area contributed by atoms with E-state index in [2.05, 4.69) is 10.6 Å². The molecule has 4 aromatic rings. The van der Waals surface area contributed by atoms with Crippen LogP contribution in [0.15, 0.2) is 66.7 Å². The lowest BCUT2D eigenvalue weighted by atomic mass is 10.1. The molecule has 0 aliphatic carbocycles. The van der Waals surface area contributed by atoms with Gasteiger partial charge in [0.1, 0.15) is 19.0 Å². The second kappa shape index (κ2) is 9.49. The van der Waals surface area contributed by atoms with Crippen molar-refractivity contribution in [1.82, 2.24) is 4.98 Å². The molecule has 0 saturated carbocycles. The van der Waals surface area contributed by atoms with E-state index in [1.165, 1.54) is 0 Å². The zero-order valence-corrected chi connectivity index (χ0v) is 19.2. The maximum atomic E-state index is 12.6. The molecule has 2 amide bonds. The Morgan fingerprint density at radius 2 is 1.74 bits per heavy atom. The summed E-state index contributed by atoms with van der Waals surface area (Å²) in [4.78, 5) is 17.4. The van der Waals surface area contributed by atoms with Crippen LogP contribution in [0.3, 0.4) is 0 Å². The van der Waals surface area contributed by atoms with E-state index in [4.69, 9.17) is 30.8 Å². The van der Waals surface area contributed by atoms with Gasteiger partial charge in [-0.2, -0.15) is 0 Å². The minimum absolute atomic E-state index is 0.377. The number of nitrogens with zero attached hydrogens (tertiary/aromatic N) is 1. The number of ether oxygens (including phenoxy) is 3. The van der Waals surface area contributed by atoms with Crippen molar-refractivity contribution in [3.05, 3.63) is 71.8 Å². The zero-order chi connectivity index (χ0) is 23.5. The number of anilines is 2. The summed E-state index contributed by atoms with van der Waals surface area (Å²) in [6.07, 6.45) is 0. The van der Waals surface area contributed by atoms with Crippen molar-refractivity contribution in [2.24, 2.45) is 0 Å². The zero-order valence-electron chi connectivity index (χ0n) is 18.4. The number of hydrogen-bond donors (Lipinski definition) is 2. The Labute approximate surface area is 201 Å². The summed E-state index contributed by atoms with van der Waals surface area (Å²) in [7, 11) is 0. The number of amides is 2. The van der Waals surface area contributed by atoms with Gasteiger partial charge in [0.2, 0.25) is 0 Å². The van der Waals surface area contributed by atoms with Crippen LogP contribution >= 0.6 is 11.6 Å². The second-order valence-corrected chi connectivity index (χ2v) is 8.05. The molecular formula is C26H22ClN3O4. The Morgan fingerprint density at radius 3 is 2.53 bits per heavy atom. The molecule has 0 unspecified atom stereocenters. The molecule has 5 rings (SSSR count). The molecule has 3 aromatic carbocycles. The third-order valence-corrected chi connectivity index (χ3v) is 5.48. The van der Waals surface area contributed by atoms with Crippen molar-refractivity contribution in [2.45, 2.75) is 6.92 Å². The summed E-state index contributed by atoms with van der Waals surface area (Å²) in [5.41, 5.74) is 3.62. The maximum absolute atomic E-state index is 12.6. The van der Waals surface area contributed by atoms with Crippen molar-refractivity contribution < 1.29 is 19.0 Å². The first-order chi connectivity index (χ1) is 16.6. The largest absolute Gasteiger partial charge is 0.493 e. The minimum Gasteiger partial charge on any atom is -0.493 e. The van der Waals surface area contributed by atoms with Crippen LogP contribution in [-0.2, 0) is 0 Å². The number of hydrogen-bond acceptors (Lipinski definition) is 5. The molecule has 2 heterocycles. The lowest BCUT2D eigenvalue weighted by Crippen LogP contribution is -2.20. The number of halogens is 1. The fourth-order valence-corrected chi connectivity index (χ4v) is 3.95. The van der Waals surface area contributed by atoms with Gasteiger partial charge in [0.25, 0.3) is 0 Å². The number of nitrogens with one attached hydrogen (secondary N) is 2. The van der Waals surface area contributed by atoms with E-state index < -0.39 is 0 Å². The average Bonchev–Trinajstić information content (AvgIpc) is 2.84. The van der Waals surface area contributed by atoms with Gasteiger partial charge in [-0.1, -0.05) is 23.7 Å². The van der Waals surface area contributed by atoms with Crippen LogP contribution < -0.4 is 24.8 Å². The number of fused-ring (bicyclic) bond motifs is 2. The summed E-state index contributed by atoms with van der Waals surface area (Å²) in [6.45, 7) is 3.42. The molecule has 8 heteroatoms. The summed E-state index contributed by atoms with van der Waals surface area (Å²) in [6, 6.07) is 19.8. The van der Waals surface area contributed by atoms with Gasteiger partial charge in [-0.15, -0.1) is 0 Å². The van der Waals surface area contributed by atoms with E-state index >= 15 is 0 Å². The molecule has 0 spiro atoms. The fourth-order valence-electron chi connectivity index (χ4n) is 3.76. The van der Waals surface area contributed by atoms with Crippen molar-refractivity contribution >= 4 is 39.9 Å². The quantitative estimate of drug-likeness (QED) is 0.350. The first-order valence-electron chi connectivity index (χ1n) is 10.9. The fraction of sp³-hybridized carbons (Fsp3) is 0.154. The van der Waals surface area contributed by atoms with Gasteiger partial charge in [-0.05, 0) is 49.4 Å². The molecule has 1 aliphatic heterocycles. The molecule has 34 heavy (non-hydrogen) atoms. The SMILES string of the molecule is CCOc1cc(-c2cccc(Cl)c2)nc2ccc(NC(=O)Nc3ccc4c(c3)OCCO4)cc12. The lowest BCUT2D eigenvalue weighted by Gasteiger charge is -2.19. The van der Waals surface area contributed by atoms with E-state index in [9.17, 15) is 4.79 Å². The molecule has 0 saturated heterocycles. The highest BCUT2D eigenvalue weighted by Gasteiger charge is 2.14. The summed E-state index contributed by atoms with van der Waals surface area (Å²) in [5, 5.41) is 7.12. The summed E-state index contributed by atoms with van der Waals surface area (Å²) < 4.78 is 17.0. The Morgan fingerprint density at radius 1 is 0.971 bits per heavy atom. The van der Waals surface area contributed by atoms with Gasteiger partial charge in [0, 0.05) is 39.5 Å². The van der Waals surface area contributed by atoms with Gasteiger partial charge in [-0.25, -0.2) is 9.78 Å². The summed E-state index contributed by atoms with van der Waals surface area (Å²) in [5.74, 6) is 1.95. The number of urea groups is 1. The number of pyridine rings is 1. The Hall–Kier alpha value is -3.97. The Kier molecular flexibility index (Phi) is 6.10. The van der Waals surface area contributed by atoms with Gasteiger partial charge in [0.15, 0.2) is 11.5 Å². The van der Waals surface area contributed by atoms with Crippen molar-refractivity contribution in [3.8, 4) is 28.5 Å². The molecule has 7 nitrogen and oxygen atoms in total. The normalized spacial score (nSPS) is 12.3. The van der Waals surface area contributed by atoms with Gasteiger partial charge in [0.05, 0.1) is 17.8 Å². The van der Waals surface area contributed by atoms with Crippen LogP contribution in [0.2, 0.25) is 5.02 Å². The highest BCUT2D eigenvalue weighted by molar-refractivity contribution is 6.30. The van der Waals surface area contributed by atoms with Crippen LogP contribution in [0.1, 0.15) is 6.92 Å². The predicted molar refractivity (Wildman–Crippen MR) is 133 cm³/mol. The van der Waals surface area contributed by atoms with E-state index in [0.29, 0.717) is 53.5 Å². The first kappa shape index (κ1) is 21.9. The smallest absolute Gasteiger partial charge is 0.323 e. The number of carbonyl (C=O) groups excluding carboxylic acids is 1. The van der Waals surface area contributed by atoms with Gasteiger partial charge in [-0.3, -0.25) is 0 Å². The van der Waals surface area contributed by atoms with E-state index in [1.54, 1.807) is 24.3 Å². The van der Waals surface area contributed by atoms with Crippen LogP contribution in [0, 0.1) is 0 Å². The molecule has 0 bridgehead atoms. The van der Waals surface area contributed by atoms with E-state index in [0.717, 1.165) is 22.2 Å².